The maximum Gasteiger partial charge on any atom is 0.194 e. The highest BCUT2D eigenvalue weighted by Gasteiger charge is 2.08. The summed E-state index contributed by atoms with van der Waals surface area (Å²) >= 11 is 5.66. The maximum atomic E-state index is 5.66. The summed E-state index contributed by atoms with van der Waals surface area (Å²) in [5.74, 6) is 0. The summed E-state index contributed by atoms with van der Waals surface area (Å²) in [6, 6.07) is 23.6. The first kappa shape index (κ1) is 13.4. The van der Waals surface area contributed by atoms with Gasteiger partial charge in [-0.3, -0.25) is 0 Å². The number of fused-ring (bicyclic) bond motifs is 1. The van der Waals surface area contributed by atoms with Crippen LogP contribution in [-0.2, 0) is 4.43 Å². The van der Waals surface area contributed by atoms with Crippen molar-refractivity contribution in [3.05, 3.63) is 66.7 Å². The Hall–Kier alpha value is -1.61. The fourth-order valence-corrected chi connectivity index (χ4v) is 3.74. The summed E-state index contributed by atoms with van der Waals surface area (Å²) in [4.78, 5) is 0. The van der Waals surface area contributed by atoms with Crippen LogP contribution in [0.2, 0.25) is 0 Å². The van der Waals surface area contributed by atoms with Gasteiger partial charge in [-0.1, -0.05) is 78.3 Å². The van der Waals surface area contributed by atoms with E-state index in [-0.39, 0.29) is 6.07 Å². The van der Waals surface area contributed by atoms with E-state index in [4.69, 9.17) is 16.0 Å². The van der Waals surface area contributed by atoms with Crippen molar-refractivity contribution in [3.63, 3.8) is 0 Å². The van der Waals surface area contributed by atoms with Crippen molar-refractivity contribution in [3.8, 4) is 11.1 Å². The lowest BCUT2D eigenvalue weighted by molar-refractivity contribution is 0.421. The summed E-state index contributed by atoms with van der Waals surface area (Å²) in [6.45, 7) is 0. The van der Waals surface area contributed by atoms with Gasteiger partial charge in [-0.15, -0.1) is 0 Å². The highest BCUT2D eigenvalue weighted by molar-refractivity contribution is 6.50. The summed E-state index contributed by atoms with van der Waals surface area (Å²) in [5, 5.41) is 3.84. The minimum Gasteiger partial charge on any atom is -0.405 e. The molecule has 0 bridgehead atoms. The molecule has 0 fully saturated rings. The summed E-state index contributed by atoms with van der Waals surface area (Å²) < 4.78 is 5.50. The molecule has 0 aliphatic heterocycles. The van der Waals surface area contributed by atoms with Gasteiger partial charge in [0.15, 0.2) is 9.76 Å². The van der Waals surface area contributed by atoms with Gasteiger partial charge in [0.25, 0.3) is 0 Å². The van der Waals surface area contributed by atoms with Crippen LogP contribution in [0.15, 0.2) is 66.7 Å². The Kier molecular flexibility index (Phi) is 4.16. The third-order valence-electron chi connectivity index (χ3n) is 3.43. The van der Waals surface area contributed by atoms with E-state index in [1.807, 2.05) is 0 Å². The van der Waals surface area contributed by atoms with Gasteiger partial charge in [0.2, 0.25) is 0 Å². The average Bonchev–Trinajstić information content (AvgIpc) is 2.53. The standard InChI is InChI=1S/C17H15ClOSi/c18-12-19-20-17-11-4-3-9-16(17)15-10-5-7-13-6-1-2-8-14(13)15/h1-11H,12,20H2. The van der Waals surface area contributed by atoms with Crippen LogP contribution in [0.1, 0.15) is 0 Å². The minimum atomic E-state index is -0.782. The van der Waals surface area contributed by atoms with Crippen LogP contribution >= 0.6 is 11.6 Å². The van der Waals surface area contributed by atoms with Crippen LogP contribution in [0, 0.1) is 0 Å². The molecule has 1 nitrogen and oxygen atoms in total. The maximum absolute atomic E-state index is 5.66. The van der Waals surface area contributed by atoms with Crippen LogP contribution in [0.4, 0.5) is 0 Å². The van der Waals surface area contributed by atoms with Crippen molar-refractivity contribution < 1.29 is 4.43 Å². The van der Waals surface area contributed by atoms with Gasteiger partial charge in [0, 0.05) is 0 Å². The lowest BCUT2D eigenvalue weighted by Gasteiger charge is -2.11. The number of hydrogen-bond acceptors (Lipinski definition) is 1. The third-order valence-corrected chi connectivity index (χ3v) is 5.18. The molecule has 3 heteroatoms. The topological polar surface area (TPSA) is 9.23 Å². The second-order valence-corrected chi connectivity index (χ2v) is 6.32. The molecule has 3 aromatic rings. The van der Waals surface area contributed by atoms with Gasteiger partial charge in [-0.2, -0.15) is 0 Å². The van der Waals surface area contributed by atoms with Crippen molar-refractivity contribution in [2.24, 2.45) is 0 Å². The zero-order valence-corrected chi connectivity index (χ0v) is 13.2. The third kappa shape index (κ3) is 2.63. The van der Waals surface area contributed by atoms with Crippen molar-refractivity contribution in [2.45, 2.75) is 0 Å². The van der Waals surface area contributed by atoms with Crippen molar-refractivity contribution in [2.75, 3.05) is 6.07 Å². The van der Waals surface area contributed by atoms with E-state index >= 15 is 0 Å². The van der Waals surface area contributed by atoms with E-state index in [1.165, 1.54) is 27.1 Å². The van der Waals surface area contributed by atoms with Crippen LogP contribution in [0.5, 0.6) is 0 Å². The van der Waals surface area contributed by atoms with Crippen LogP contribution < -0.4 is 5.19 Å². The molecule has 0 saturated heterocycles. The molecule has 3 rings (SSSR count). The molecule has 0 N–H and O–H groups in total. The Morgan fingerprint density at radius 3 is 2.40 bits per heavy atom. The van der Waals surface area contributed by atoms with E-state index in [0.29, 0.717) is 0 Å². The average molecular weight is 299 g/mol. The van der Waals surface area contributed by atoms with Gasteiger partial charge in [-0.05, 0) is 27.1 Å². The molecule has 0 aliphatic rings. The van der Waals surface area contributed by atoms with E-state index in [2.05, 4.69) is 66.7 Å². The van der Waals surface area contributed by atoms with Gasteiger partial charge in [0.05, 0.1) is 0 Å². The lowest BCUT2D eigenvalue weighted by atomic mass is 9.98. The van der Waals surface area contributed by atoms with Crippen LogP contribution in [0.3, 0.4) is 0 Å². The smallest absolute Gasteiger partial charge is 0.194 e. The van der Waals surface area contributed by atoms with Gasteiger partial charge in [-0.25, -0.2) is 0 Å². The SMILES string of the molecule is ClCO[SiH2]c1ccccc1-c1cccc2ccccc12. The number of hydrogen-bond donors (Lipinski definition) is 0. The summed E-state index contributed by atoms with van der Waals surface area (Å²) in [5.41, 5.74) is 2.53. The van der Waals surface area contributed by atoms with E-state index in [0.717, 1.165) is 0 Å². The number of rotatable bonds is 4. The van der Waals surface area contributed by atoms with Crippen molar-refractivity contribution in [1.82, 2.24) is 0 Å². The molecule has 0 heterocycles. The molecule has 0 amide bonds. The van der Waals surface area contributed by atoms with E-state index in [1.54, 1.807) is 0 Å². The number of benzene rings is 3. The predicted molar refractivity (Wildman–Crippen MR) is 89.4 cm³/mol. The molecular weight excluding hydrogens is 284 g/mol. The predicted octanol–water partition coefficient (Wildman–Crippen LogP) is 3.43. The van der Waals surface area contributed by atoms with Gasteiger partial charge in [0.1, 0.15) is 6.07 Å². The highest BCUT2D eigenvalue weighted by atomic mass is 35.5. The van der Waals surface area contributed by atoms with E-state index in [9.17, 15) is 0 Å². The molecule has 0 aromatic heterocycles. The Morgan fingerprint density at radius 2 is 1.50 bits per heavy atom. The lowest BCUT2D eigenvalue weighted by Crippen LogP contribution is -2.19. The van der Waals surface area contributed by atoms with Gasteiger partial charge < -0.3 is 4.43 Å². The molecule has 0 unspecified atom stereocenters. The second-order valence-electron chi connectivity index (χ2n) is 4.64. The fraction of sp³-hybridized carbons (Fsp3) is 0.0588. The molecule has 0 saturated carbocycles. The van der Waals surface area contributed by atoms with Crippen molar-refractivity contribution >= 4 is 37.3 Å². The first-order valence-corrected chi connectivity index (χ1v) is 8.42. The van der Waals surface area contributed by atoms with Gasteiger partial charge >= 0.3 is 0 Å². The minimum absolute atomic E-state index is 0.274. The second kappa shape index (κ2) is 6.22. The summed E-state index contributed by atoms with van der Waals surface area (Å²) in [7, 11) is -0.782. The number of halogens is 1. The molecule has 20 heavy (non-hydrogen) atoms. The molecule has 0 aliphatic carbocycles. The molecular formula is C17H15ClOSi. The monoisotopic (exact) mass is 298 g/mol. The fourth-order valence-electron chi connectivity index (χ4n) is 2.52. The quantitative estimate of drug-likeness (QED) is 0.530. The Bertz CT molecular complexity index is 722. The number of alkyl halides is 1. The molecule has 100 valence electrons. The highest BCUT2D eigenvalue weighted by Crippen LogP contribution is 2.27. The Balaban J connectivity index is 2.16. The first-order chi connectivity index (χ1) is 9.90. The van der Waals surface area contributed by atoms with Crippen molar-refractivity contribution in [1.29, 1.82) is 0 Å². The molecule has 0 spiro atoms. The zero-order chi connectivity index (χ0) is 13.8. The summed E-state index contributed by atoms with van der Waals surface area (Å²) in [6.07, 6.45) is 0. The van der Waals surface area contributed by atoms with Crippen LogP contribution in [-0.4, -0.2) is 15.8 Å². The normalized spacial score (nSPS) is 11.4. The Labute approximate surface area is 126 Å². The molecule has 3 aromatic carbocycles. The Morgan fingerprint density at radius 1 is 0.800 bits per heavy atom. The van der Waals surface area contributed by atoms with Crippen LogP contribution in [0.25, 0.3) is 21.9 Å². The molecule has 0 radical (unpaired) electrons. The van der Waals surface area contributed by atoms with E-state index < -0.39 is 9.76 Å². The zero-order valence-electron chi connectivity index (χ0n) is 11.1. The largest absolute Gasteiger partial charge is 0.405 e. The first-order valence-electron chi connectivity index (χ1n) is 6.60. The molecule has 0 atom stereocenters.